The summed E-state index contributed by atoms with van der Waals surface area (Å²) in [6.45, 7) is 1.16. The van der Waals surface area contributed by atoms with E-state index in [1.54, 1.807) is 17.5 Å². The summed E-state index contributed by atoms with van der Waals surface area (Å²) in [5, 5.41) is 5.82. The maximum atomic E-state index is 12.0. The standard InChI is InChI=1S/C13H21N3OS/c14-10-13(4-2-1-3-5-13)8-11(17)16-9-12-15-6-7-18-12/h6-7H,1-5,8-10,14H2,(H,16,17). The Bertz CT molecular complexity index is 372. The van der Waals surface area contributed by atoms with Crippen molar-refractivity contribution < 1.29 is 4.79 Å². The van der Waals surface area contributed by atoms with E-state index in [0.29, 0.717) is 19.5 Å². The zero-order valence-corrected chi connectivity index (χ0v) is 11.5. The van der Waals surface area contributed by atoms with Gasteiger partial charge in [0, 0.05) is 18.0 Å². The molecule has 3 N–H and O–H groups in total. The van der Waals surface area contributed by atoms with Gasteiger partial charge >= 0.3 is 0 Å². The van der Waals surface area contributed by atoms with Crippen LogP contribution in [0, 0.1) is 5.41 Å². The molecule has 1 heterocycles. The minimum atomic E-state index is 0.0468. The smallest absolute Gasteiger partial charge is 0.220 e. The SMILES string of the molecule is NCC1(CC(=O)NCc2nccs2)CCCCC1. The molecule has 0 saturated heterocycles. The van der Waals surface area contributed by atoms with Gasteiger partial charge < -0.3 is 11.1 Å². The van der Waals surface area contributed by atoms with Crippen molar-refractivity contribution in [3.63, 3.8) is 0 Å². The van der Waals surface area contributed by atoms with Crippen molar-refractivity contribution in [3.8, 4) is 0 Å². The van der Waals surface area contributed by atoms with Crippen LogP contribution < -0.4 is 11.1 Å². The van der Waals surface area contributed by atoms with Crippen molar-refractivity contribution in [2.45, 2.75) is 45.1 Å². The molecule has 18 heavy (non-hydrogen) atoms. The predicted octanol–water partition coefficient (Wildman–Crippen LogP) is 2.06. The van der Waals surface area contributed by atoms with Gasteiger partial charge in [0.05, 0.1) is 6.54 Å². The van der Waals surface area contributed by atoms with E-state index >= 15 is 0 Å². The van der Waals surface area contributed by atoms with E-state index in [4.69, 9.17) is 5.73 Å². The number of thiazole rings is 1. The summed E-state index contributed by atoms with van der Waals surface area (Å²) in [7, 11) is 0. The molecule has 1 amide bonds. The third-order valence-corrected chi connectivity index (χ3v) is 4.58. The van der Waals surface area contributed by atoms with Gasteiger partial charge in [-0.3, -0.25) is 4.79 Å². The first-order valence-electron chi connectivity index (χ1n) is 6.59. The number of hydrogen-bond acceptors (Lipinski definition) is 4. The van der Waals surface area contributed by atoms with Crippen LogP contribution in [-0.2, 0) is 11.3 Å². The van der Waals surface area contributed by atoms with Crippen molar-refractivity contribution in [3.05, 3.63) is 16.6 Å². The minimum Gasteiger partial charge on any atom is -0.350 e. The Hall–Kier alpha value is -0.940. The van der Waals surface area contributed by atoms with Crippen LogP contribution in [0.25, 0.3) is 0 Å². The third-order valence-electron chi connectivity index (χ3n) is 3.80. The number of nitrogens with two attached hydrogens (primary N) is 1. The molecule has 1 aromatic heterocycles. The van der Waals surface area contributed by atoms with Crippen LogP contribution in [0.5, 0.6) is 0 Å². The first-order chi connectivity index (χ1) is 8.74. The van der Waals surface area contributed by atoms with E-state index < -0.39 is 0 Å². The molecular weight excluding hydrogens is 246 g/mol. The predicted molar refractivity (Wildman–Crippen MR) is 73.2 cm³/mol. The fourth-order valence-corrected chi connectivity index (χ4v) is 3.23. The molecule has 2 rings (SSSR count). The Morgan fingerprint density at radius 3 is 2.83 bits per heavy atom. The lowest BCUT2D eigenvalue weighted by Crippen LogP contribution is -2.38. The summed E-state index contributed by atoms with van der Waals surface area (Å²) in [5.41, 5.74) is 5.93. The Balaban J connectivity index is 1.81. The van der Waals surface area contributed by atoms with Crippen LogP contribution >= 0.6 is 11.3 Å². The second kappa shape index (κ2) is 6.29. The molecule has 0 spiro atoms. The highest BCUT2D eigenvalue weighted by molar-refractivity contribution is 7.09. The van der Waals surface area contributed by atoms with E-state index in [1.807, 2.05) is 5.38 Å². The second-order valence-corrected chi connectivity index (χ2v) is 6.12. The molecule has 0 aromatic carbocycles. The summed E-state index contributed by atoms with van der Waals surface area (Å²) in [6, 6.07) is 0. The third kappa shape index (κ3) is 3.53. The van der Waals surface area contributed by atoms with Gasteiger partial charge in [0.2, 0.25) is 5.91 Å². The molecule has 0 aliphatic heterocycles. The lowest BCUT2D eigenvalue weighted by atomic mass is 9.72. The van der Waals surface area contributed by atoms with Crippen molar-refractivity contribution in [1.29, 1.82) is 0 Å². The van der Waals surface area contributed by atoms with Crippen LogP contribution in [0.3, 0.4) is 0 Å². The molecule has 1 aliphatic rings. The topological polar surface area (TPSA) is 68.0 Å². The van der Waals surface area contributed by atoms with Gasteiger partial charge in [0.1, 0.15) is 5.01 Å². The number of carbonyl (C=O) groups is 1. The molecule has 0 atom stereocenters. The zero-order chi connectivity index (χ0) is 12.8. The van der Waals surface area contributed by atoms with Crippen LogP contribution in [0.15, 0.2) is 11.6 Å². The molecule has 1 saturated carbocycles. The summed E-state index contributed by atoms with van der Waals surface area (Å²) >= 11 is 1.57. The second-order valence-electron chi connectivity index (χ2n) is 5.14. The van der Waals surface area contributed by atoms with E-state index in [2.05, 4.69) is 10.3 Å². The molecule has 5 heteroatoms. The first-order valence-corrected chi connectivity index (χ1v) is 7.47. The first kappa shape index (κ1) is 13.5. The number of rotatable bonds is 5. The highest BCUT2D eigenvalue weighted by Gasteiger charge is 2.32. The molecule has 1 aromatic rings. The maximum Gasteiger partial charge on any atom is 0.220 e. The summed E-state index contributed by atoms with van der Waals surface area (Å²) in [6.07, 6.45) is 8.20. The number of carbonyl (C=O) groups excluding carboxylic acids is 1. The molecule has 0 bridgehead atoms. The van der Waals surface area contributed by atoms with E-state index in [1.165, 1.54) is 19.3 Å². The Morgan fingerprint density at radius 1 is 1.44 bits per heavy atom. The minimum absolute atomic E-state index is 0.0468. The fourth-order valence-electron chi connectivity index (χ4n) is 2.67. The Labute approximate surface area is 112 Å². The van der Waals surface area contributed by atoms with Gasteiger partial charge in [-0.15, -0.1) is 11.3 Å². The molecule has 0 radical (unpaired) electrons. The molecule has 1 aliphatic carbocycles. The molecule has 0 unspecified atom stereocenters. The van der Waals surface area contributed by atoms with Gasteiger partial charge in [0.25, 0.3) is 0 Å². The number of hydrogen-bond donors (Lipinski definition) is 2. The number of nitrogens with zero attached hydrogens (tertiary/aromatic N) is 1. The highest BCUT2D eigenvalue weighted by atomic mass is 32.1. The summed E-state index contributed by atoms with van der Waals surface area (Å²) < 4.78 is 0. The largest absolute Gasteiger partial charge is 0.350 e. The molecule has 1 fully saturated rings. The quantitative estimate of drug-likeness (QED) is 0.858. The average Bonchev–Trinajstić information content (AvgIpc) is 2.91. The summed E-state index contributed by atoms with van der Waals surface area (Å²) in [5.74, 6) is 0.109. The van der Waals surface area contributed by atoms with Crippen LogP contribution in [0.2, 0.25) is 0 Å². The maximum absolute atomic E-state index is 12.0. The van der Waals surface area contributed by atoms with Crippen molar-refractivity contribution in [2.24, 2.45) is 11.1 Å². The number of aromatic nitrogens is 1. The van der Waals surface area contributed by atoms with Gasteiger partial charge in [-0.25, -0.2) is 4.98 Å². The van der Waals surface area contributed by atoms with Crippen LogP contribution in [0.1, 0.15) is 43.5 Å². The van der Waals surface area contributed by atoms with Crippen molar-refractivity contribution in [1.82, 2.24) is 10.3 Å². The lowest BCUT2D eigenvalue weighted by molar-refractivity contribution is -0.124. The normalized spacial score (nSPS) is 18.5. The average molecular weight is 267 g/mol. The van der Waals surface area contributed by atoms with E-state index in [-0.39, 0.29) is 11.3 Å². The van der Waals surface area contributed by atoms with Crippen molar-refractivity contribution in [2.75, 3.05) is 6.54 Å². The molecule has 4 nitrogen and oxygen atoms in total. The van der Waals surface area contributed by atoms with Gasteiger partial charge in [0.15, 0.2) is 0 Å². The van der Waals surface area contributed by atoms with E-state index in [0.717, 1.165) is 17.8 Å². The highest BCUT2D eigenvalue weighted by Crippen LogP contribution is 2.38. The number of amides is 1. The van der Waals surface area contributed by atoms with Crippen LogP contribution in [0.4, 0.5) is 0 Å². The van der Waals surface area contributed by atoms with Crippen molar-refractivity contribution >= 4 is 17.2 Å². The van der Waals surface area contributed by atoms with Crippen LogP contribution in [-0.4, -0.2) is 17.4 Å². The lowest BCUT2D eigenvalue weighted by Gasteiger charge is -2.35. The number of nitrogens with one attached hydrogen (secondary N) is 1. The van der Waals surface area contributed by atoms with E-state index in [9.17, 15) is 4.79 Å². The molecular formula is C13H21N3OS. The van der Waals surface area contributed by atoms with Gasteiger partial charge in [-0.1, -0.05) is 19.3 Å². The molecule has 100 valence electrons. The van der Waals surface area contributed by atoms with Gasteiger partial charge in [-0.05, 0) is 24.8 Å². The monoisotopic (exact) mass is 267 g/mol. The Morgan fingerprint density at radius 2 is 2.22 bits per heavy atom. The zero-order valence-electron chi connectivity index (χ0n) is 10.7. The van der Waals surface area contributed by atoms with Gasteiger partial charge in [-0.2, -0.15) is 0 Å². The Kier molecular flexibility index (Phi) is 4.72. The summed E-state index contributed by atoms with van der Waals surface area (Å²) in [4.78, 5) is 16.1. The fraction of sp³-hybridized carbons (Fsp3) is 0.692.